The van der Waals surface area contributed by atoms with E-state index in [2.05, 4.69) is 10.3 Å². The maximum atomic E-state index is 12.4. The summed E-state index contributed by atoms with van der Waals surface area (Å²) in [4.78, 5) is 15.6. The standard InChI is InChI=1S/C24H22N4O/c25-23(26)21-15-28-22-11-6-16(14-20(21)22)12-13-27-24(29)19-9-7-18(8-10-19)17-4-2-1-3-5-17/h1-11,14-15,28H,12-13H2,(H3,25,26)(H,27,29). The van der Waals surface area contributed by atoms with Crippen LogP contribution in [0.4, 0.5) is 0 Å². The molecule has 0 spiro atoms. The molecule has 3 aromatic carbocycles. The Bertz CT molecular complexity index is 1160. The first-order valence-corrected chi connectivity index (χ1v) is 9.50. The first kappa shape index (κ1) is 18.5. The van der Waals surface area contributed by atoms with E-state index in [1.165, 1.54) is 0 Å². The van der Waals surface area contributed by atoms with Crippen LogP contribution < -0.4 is 11.1 Å². The van der Waals surface area contributed by atoms with Crippen LogP contribution in [0.15, 0.2) is 79.0 Å². The van der Waals surface area contributed by atoms with Crippen molar-refractivity contribution in [2.24, 2.45) is 5.73 Å². The number of hydrogen-bond acceptors (Lipinski definition) is 2. The van der Waals surface area contributed by atoms with Gasteiger partial charge in [0, 0.05) is 34.8 Å². The molecule has 0 bridgehead atoms. The summed E-state index contributed by atoms with van der Waals surface area (Å²) in [6, 6.07) is 23.7. The predicted molar refractivity (Wildman–Crippen MR) is 117 cm³/mol. The van der Waals surface area contributed by atoms with E-state index < -0.39 is 0 Å². The summed E-state index contributed by atoms with van der Waals surface area (Å²) >= 11 is 0. The number of carbonyl (C=O) groups is 1. The highest BCUT2D eigenvalue weighted by atomic mass is 16.1. The lowest BCUT2D eigenvalue weighted by molar-refractivity contribution is 0.0954. The van der Waals surface area contributed by atoms with Gasteiger partial charge in [-0.05, 0) is 47.4 Å². The van der Waals surface area contributed by atoms with Gasteiger partial charge in [0.05, 0.1) is 0 Å². The van der Waals surface area contributed by atoms with Crippen molar-refractivity contribution in [1.82, 2.24) is 10.3 Å². The molecule has 0 aliphatic rings. The normalized spacial score (nSPS) is 10.8. The quantitative estimate of drug-likeness (QED) is 0.299. The third kappa shape index (κ3) is 4.04. The van der Waals surface area contributed by atoms with Crippen LogP contribution in [0.2, 0.25) is 0 Å². The number of benzene rings is 3. The van der Waals surface area contributed by atoms with E-state index in [1.807, 2.05) is 72.8 Å². The lowest BCUT2D eigenvalue weighted by Gasteiger charge is -2.07. The number of hydrogen-bond donors (Lipinski definition) is 4. The zero-order chi connectivity index (χ0) is 20.2. The monoisotopic (exact) mass is 382 g/mol. The van der Waals surface area contributed by atoms with Crippen LogP contribution in [0, 0.1) is 5.41 Å². The first-order chi connectivity index (χ1) is 14.1. The highest BCUT2D eigenvalue weighted by Crippen LogP contribution is 2.20. The summed E-state index contributed by atoms with van der Waals surface area (Å²) in [6.07, 6.45) is 2.45. The van der Waals surface area contributed by atoms with Gasteiger partial charge in [-0.25, -0.2) is 0 Å². The van der Waals surface area contributed by atoms with E-state index in [-0.39, 0.29) is 11.7 Å². The number of nitrogen functional groups attached to an aromatic ring is 1. The van der Waals surface area contributed by atoms with Gasteiger partial charge in [-0.2, -0.15) is 0 Å². The fourth-order valence-electron chi connectivity index (χ4n) is 3.41. The molecule has 5 heteroatoms. The maximum Gasteiger partial charge on any atom is 0.251 e. The van der Waals surface area contributed by atoms with Crippen molar-refractivity contribution in [3.63, 3.8) is 0 Å². The second kappa shape index (κ2) is 8.02. The predicted octanol–water partition coefficient (Wildman–Crippen LogP) is 4.09. The van der Waals surface area contributed by atoms with E-state index in [4.69, 9.17) is 11.1 Å². The topological polar surface area (TPSA) is 94.8 Å². The SMILES string of the molecule is N=C(N)c1c[nH]c2ccc(CCNC(=O)c3ccc(-c4ccccc4)cc3)cc12. The van der Waals surface area contributed by atoms with Gasteiger partial charge >= 0.3 is 0 Å². The fourth-order valence-corrected chi connectivity index (χ4v) is 3.41. The van der Waals surface area contributed by atoms with Gasteiger partial charge in [-0.15, -0.1) is 0 Å². The average Bonchev–Trinajstić information content (AvgIpc) is 3.18. The minimum atomic E-state index is -0.0863. The number of H-pyrrole nitrogens is 1. The van der Waals surface area contributed by atoms with Crippen LogP contribution in [0.25, 0.3) is 22.0 Å². The zero-order valence-corrected chi connectivity index (χ0v) is 15.9. The molecule has 4 rings (SSSR count). The van der Waals surface area contributed by atoms with Gasteiger partial charge in [0.15, 0.2) is 0 Å². The van der Waals surface area contributed by atoms with Crippen LogP contribution in [-0.2, 0) is 6.42 Å². The molecule has 1 amide bonds. The second-order valence-corrected chi connectivity index (χ2v) is 6.95. The Kier molecular flexibility index (Phi) is 5.12. The van der Waals surface area contributed by atoms with Crippen molar-refractivity contribution in [3.8, 4) is 11.1 Å². The molecule has 0 radical (unpaired) electrons. The van der Waals surface area contributed by atoms with Gasteiger partial charge in [-0.3, -0.25) is 10.2 Å². The Labute approximate surface area is 169 Å². The molecule has 5 nitrogen and oxygen atoms in total. The Morgan fingerprint density at radius 3 is 2.41 bits per heavy atom. The largest absolute Gasteiger partial charge is 0.384 e. The summed E-state index contributed by atoms with van der Waals surface area (Å²) in [6.45, 7) is 0.532. The molecule has 0 saturated heterocycles. The number of rotatable bonds is 6. The number of carbonyl (C=O) groups excluding carboxylic acids is 1. The molecule has 0 aliphatic heterocycles. The van der Waals surface area contributed by atoms with Crippen molar-refractivity contribution in [2.45, 2.75) is 6.42 Å². The Balaban J connectivity index is 1.38. The highest BCUT2D eigenvalue weighted by Gasteiger charge is 2.08. The lowest BCUT2D eigenvalue weighted by Crippen LogP contribution is -2.25. The molecular weight excluding hydrogens is 360 g/mol. The van der Waals surface area contributed by atoms with E-state index in [9.17, 15) is 4.79 Å². The summed E-state index contributed by atoms with van der Waals surface area (Å²) in [7, 11) is 0. The number of nitrogens with two attached hydrogens (primary N) is 1. The third-order valence-electron chi connectivity index (χ3n) is 4.99. The van der Waals surface area contributed by atoms with Crippen molar-refractivity contribution in [3.05, 3.63) is 95.7 Å². The van der Waals surface area contributed by atoms with E-state index in [1.54, 1.807) is 6.20 Å². The van der Waals surface area contributed by atoms with E-state index in [0.717, 1.165) is 27.6 Å². The fraction of sp³-hybridized carbons (Fsp3) is 0.0833. The van der Waals surface area contributed by atoms with Gasteiger partial charge < -0.3 is 16.0 Å². The van der Waals surface area contributed by atoms with Gasteiger partial charge in [-0.1, -0.05) is 48.5 Å². The number of fused-ring (bicyclic) bond motifs is 1. The van der Waals surface area contributed by atoms with Crippen molar-refractivity contribution >= 4 is 22.6 Å². The molecule has 0 unspecified atom stereocenters. The van der Waals surface area contributed by atoms with E-state index >= 15 is 0 Å². The molecular formula is C24H22N4O. The number of aromatic amines is 1. The first-order valence-electron chi connectivity index (χ1n) is 9.50. The molecule has 0 fully saturated rings. The van der Waals surface area contributed by atoms with Crippen LogP contribution in [0.1, 0.15) is 21.5 Å². The van der Waals surface area contributed by atoms with Crippen LogP contribution in [0.3, 0.4) is 0 Å². The summed E-state index contributed by atoms with van der Waals surface area (Å²) < 4.78 is 0. The van der Waals surface area contributed by atoms with Crippen LogP contribution >= 0.6 is 0 Å². The zero-order valence-electron chi connectivity index (χ0n) is 15.9. The highest BCUT2D eigenvalue weighted by molar-refractivity contribution is 6.07. The number of amides is 1. The Morgan fingerprint density at radius 1 is 0.966 bits per heavy atom. The molecule has 1 heterocycles. The average molecular weight is 382 g/mol. The van der Waals surface area contributed by atoms with Crippen LogP contribution in [0.5, 0.6) is 0 Å². The molecule has 0 saturated carbocycles. The molecule has 0 aliphatic carbocycles. The molecule has 0 atom stereocenters. The van der Waals surface area contributed by atoms with Crippen molar-refractivity contribution in [1.29, 1.82) is 5.41 Å². The van der Waals surface area contributed by atoms with Gasteiger partial charge in [0.25, 0.3) is 5.91 Å². The van der Waals surface area contributed by atoms with Gasteiger partial charge in [0.1, 0.15) is 5.84 Å². The van der Waals surface area contributed by atoms with E-state index in [0.29, 0.717) is 24.1 Å². The van der Waals surface area contributed by atoms with Gasteiger partial charge in [0.2, 0.25) is 0 Å². The maximum absolute atomic E-state index is 12.4. The van der Waals surface area contributed by atoms with Crippen LogP contribution in [-0.4, -0.2) is 23.3 Å². The summed E-state index contributed by atoms with van der Waals surface area (Å²) in [5.41, 5.74) is 11.2. The molecule has 5 N–H and O–H groups in total. The summed E-state index contributed by atoms with van der Waals surface area (Å²) in [5, 5.41) is 11.6. The minimum Gasteiger partial charge on any atom is -0.384 e. The van der Waals surface area contributed by atoms with Crippen molar-refractivity contribution in [2.75, 3.05) is 6.54 Å². The lowest BCUT2D eigenvalue weighted by atomic mass is 10.0. The third-order valence-corrected chi connectivity index (χ3v) is 4.99. The number of nitrogens with one attached hydrogen (secondary N) is 3. The smallest absolute Gasteiger partial charge is 0.251 e. The number of amidine groups is 1. The Morgan fingerprint density at radius 2 is 1.69 bits per heavy atom. The molecule has 1 aromatic heterocycles. The van der Waals surface area contributed by atoms with Crippen molar-refractivity contribution < 1.29 is 4.79 Å². The second-order valence-electron chi connectivity index (χ2n) is 6.95. The minimum absolute atomic E-state index is 0.0423. The Hall–Kier alpha value is -3.86. The summed E-state index contributed by atoms with van der Waals surface area (Å²) in [5.74, 6) is -0.0441. The molecule has 29 heavy (non-hydrogen) atoms. The molecule has 4 aromatic rings. The molecule has 144 valence electrons. The number of aromatic nitrogens is 1.